The average Bonchev–Trinajstić information content (AvgIpc) is 2.02. The maximum Gasteiger partial charge on any atom is 0.334 e. The SMILES string of the molecule is CCC(C)(C)CC(O)C(=O)OC. The van der Waals surface area contributed by atoms with Crippen LogP contribution in [-0.2, 0) is 9.53 Å². The van der Waals surface area contributed by atoms with Crippen LogP contribution in [-0.4, -0.2) is 24.3 Å². The molecule has 72 valence electrons. The predicted molar refractivity (Wildman–Crippen MR) is 46.7 cm³/mol. The van der Waals surface area contributed by atoms with E-state index in [0.29, 0.717) is 6.42 Å². The Balaban J connectivity index is 3.99. The van der Waals surface area contributed by atoms with Gasteiger partial charge in [0.25, 0.3) is 0 Å². The van der Waals surface area contributed by atoms with Gasteiger partial charge in [-0.1, -0.05) is 27.2 Å². The minimum absolute atomic E-state index is 0.00634. The number of hydrogen-bond acceptors (Lipinski definition) is 3. The van der Waals surface area contributed by atoms with Crippen molar-refractivity contribution >= 4 is 5.97 Å². The molecule has 3 nitrogen and oxygen atoms in total. The van der Waals surface area contributed by atoms with Gasteiger partial charge in [0.15, 0.2) is 6.10 Å². The summed E-state index contributed by atoms with van der Waals surface area (Å²) < 4.78 is 4.41. The molecule has 0 fully saturated rings. The van der Waals surface area contributed by atoms with E-state index in [1.807, 2.05) is 20.8 Å². The third-order valence-corrected chi connectivity index (χ3v) is 2.18. The van der Waals surface area contributed by atoms with Crippen LogP contribution >= 0.6 is 0 Å². The van der Waals surface area contributed by atoms with Crippen molar-refractivity contribution in [3.63, 3.8) is 0 Å². The predicted octanol–water partition coefficient (Wildman–Crippen LogP) is 1.35. The van der Waals surface area contributed by atoms with Gasteiger partial charge in [-0.3, -0.25) is 0 Å². The number of aliphatic hydroxyl groups excluding tert-OH is 1. The molecule has 1 unspecified atom stereocenters. The Hall–Kier alpha value is -0.570. The topological polar surface area (TPSA) is 46.5 Å². The van der Waals surface area contributed by atoms with Gasteiger partial charge in [0.2, 0.25) is 0 Å². The van der Waals surface area contributed by atoms with Crippen LogP contribution < -0.4 is 0 Å². The lowest BCUT2D eigenvalue weighted by Crippen LogP contribution is -2.28. The molecule has 3 heteroatoms. The van der Waals surface area contributed by atoms with E-state index in [1.54, 1.807) is 0 Å². The molecule has 0 amide bonds. The van der Waals surface area contributed by atoms with E-state index in [9.17, 15) is 9.90 Å². The molecule has 0 rings (SSSR count). The minimum Gasteiger partial charge on any atom is -0.467 e. The zero-order valence-electron chi connectivity index (χ0n) is 8.26. The Bertz CT molecular complexity index is 152. The van der Waals surface area contributed by atoms with Crippen LogP contribution in [0.15, 0.2) is 0 Å². The van der Waals surface area contributed by atoms with E-state index >= 15 is 0 Å². The molecule has 0 spiro atoms. The Morgan fingerprint density at radius 1 is 1.58 bits per heavy atom. The number of rotatable bonds is 4. The van der Waals surface area contributed by atoms with E-state index < -0.39 is 12.1 Å². The molecule has 0 saturated carbocycles. The van der Waals surface area contributed by atoms with Gasteiger partial charge in [0.1, 0.15) is 0 Å². The molecule has 0 aromatic heterocycles. The zero-order valence-corrected chi connectivity index (χ0v) is 8.26. The number of ether oxygens (including phenoxy) is 1. The number of aliphatic hydroxyl groups is 1. The van der Waals surface area contributed by atoms with Crippen molar-refractivity contribution in [3.05, 3.63) is 0 Å². The van der Waals surface area contributed by atoms with E-state index in [1.165, 1.54) is 7.11 Å². The van der Waals surface area contributed by atoms with Crippen LogP contribution in [0.4, 0.5) is 0 Å². The fraction of sp³-hybridized carbons (Fsp3) is 0.889. The summed E-state index contributed by atoms with van der Waals surface area (Å²) in [7, 11) is 1.28. The second-order valence-electron chi connectivity index (χ2n) is 3.76. The quantitative estimate of drug-likeness (QED) is 0.654. The van der Waals surface area contributed by atoms with Crippen LogP contribution in [0.1, 0.15) is 33.6 Å². The van der Waals surface area contributed by atoms with E-state index in [4.69, 9.17) is 0 Å². The summed E-state index contributed by atoms with van der Waals surface area (Å²) in [5.74, 6) is -0.545. The van der Waals surface area contributed by atoms with Crippen molar-refractivity contribution in [2.75, 3.05) is 7.11 Å². The highest BCUT2D eigenvalue weighted by atomic mass is 16.5. The molecule has 0 radical (unpaired) electrons. The normalized spacial score (nSPS) is 14.1. The Morgan fingerprint density at radius 3 is 2.42 bits per heavy atom. The van der Waals surface area contributed by atoms with Gasteiger partial charge < -0.3 is 9.84 Å². The standard InChI is InChI=1S/C9H18O3/c1-5-9(2,3)6-7(10)8(11)12-4/h7,10H,5-6H2,1-4H3. The second kappa shape index (κ2) is 4.45. The zero-order chi connectivity index (χ0) is 9.78. The van der Waals surface area contributed by atoms with E-state index in [-0.39, 0.29) is 5.41 Å². The minimum atomic E-state index is -0.982. The van der Waals surface area contributed by atoms with Crippen LogP contribution in [0.5, 0.6) is 0 Å². The van der Waals surface area contributed by atoms with Gasteiger partial charge >= 0.3 is 5.97 Å². The summed E-state index contributed by atoms with van der Waals surface area (Å²) in [5, 5.41) is 9.31. The first kappa shape index (κ1) is 11.4. The van der Waals surface area contributed by atoms with Crippen molar-refractivity contribution < 1.29 is 14.6 Å². The highest BCUT2D eigenvalue weighted by Gasteiger charge is 2.25. The van der Waals surface area contributed by atoms with E-state index in [2.05, 4.69) is 4.74 Å². The third-order valence-electron chi connectivity index (χ3n) is 2.18. The molecule has 0 aliphatic rings. The summed E-state index contributed by atoms with van der Waals surface area (Å²) in [6, 6.07) is 0. The summed E-state index contributed by atoms with van der Waals surface area (Å²) >= 11 is 0. The first-order valence-electron chi connectivity index (χ1n) is 4.19. The summed E-state index contributed by atoms with van der Waals surface area (Å²) in [6.07, 6.45) is 0.405. The van der Waals surface area contributed by atoms with Gasteiger partial charge in [0, 0.05) is 0 Å². The first-order chi connectivity index (χ1) is 5.43. The van der Waals surface area contributed by atoms with Gasteiger partial charge in [0.05, 0.1) is 7.11 Å². The Kier molecular flexibility index (Phi) is 4.24. The molecular formula is C9H18O3. The second-order valence-corrected chi connectivity index (χ2v) is 3.76. The molecule has 0 aliphatic heterocycles. The van der Waals surface area contributed by atoms with Crippen LogP contribution in [0.2, 0.25) is 0 Å². The first-order valence-corrected chi connectivity index (χ1v) is 4.19. The Labute approximate surface area is 73.7 Å². The van der Waals surface area contributed by atoms with Gasteiger partial charge in [-0.05, 0) is 11.8 Å². The number of esters is 1. The molecule has 0 heterocycles. The smallest absolute Gasteiger partial charge is 0.334 e. The summed E-state index contributed by atoms with van der Waals surface area (Å²) in [4.78, 5) is 10.8. The lowest BCUT2D eigenvalue weighted by molar-refractivity contribution is -0.152. The maximum atomic E-state index is 10.8. The lowest BCUT2D eigenvalue weighted by Gasteiger charge is -2.24. The molecule has 0 aromatic rings. The molecule has 0 aliphatic carbocycles. The average molecular weight is 174 g/mol. The van der Waals surface area contributed by atoms with Crippen molar-refractivity contribution in [3.8, 4) is 0 Å². The van der Waals surface area contributed by atoms with Crippen LogP contribution in [0.25, 0.3) is 0 Å². The Morgan fingerprint density at radius 2 is 2.08 bits per heavy atom. The number of carbonyl (C=O) groups excluding carboxylic acids is 1. The lowest BCUT2D eigenvalue weighted by atomic mass is 9.84. The van der Waals surface area contributed by atoms with Gasteiger partial charge in [-0.2, -0.15) is 0 Å². The fourth-order valence-corrected chi connectivity index (χ4v) is 0.887. The largest absolute Gasteiger partial charge is 0.467 e. The monoisotopic (exact) mass is 174 g/mol. The van der Waals surface area contributed by atoms with Crippen molar-refractivity contribution in [1.29, 1.82) is 0 Å². The molecule has 0 bridgehead atoms. The van der Waals surface area contributed by atoms with Crippen molar-refractivity contribution in [2.45, 2.75) is 39.7 Å². The number of carbonyl (C=O) groups is 1. The summed E-state index contributed by atoms with van der Waals surface area (Å²) in [6.45, 7) is 6.06. The van der Waals surface area contributed by atoms with Gasteiger partial charge in [-0.25, -0.2) is 4.79 Å². The molecule has 0 saturated heterocycles. The van der Waals surface area contributed by atoms with Gasteiger partial charge in [-0.15, -0.1) is 0 Å². The molecule has 1 N–H and O–H groups in total. The highest BCUT2D eigenvalue weighted by Crippen LogP contribution is 2.26. The third kappa shape index (κ3) is 3.72. The maximum absolute atomic E-state index is 10.8. The van der Waals surface area contributed by atoms with Crippen LogP contribution in [0.3, 0.4) is 0 Å². The number of methoxy groups -OCH3 is 1. The highest BCUT2D eigenvalue weighted by molar-refractivity contribution is 5.74. The molecule has 1 atom stereocenters. The van der Waals surface area contributed by atoms with Crippen molar-refractivity contribution in [1.82, 2.24) is 0 Å². The van der Waals surface area contributed by atoms with Crippen LogP contribution in [0, 0.1) is 5.41 Å². The number of hydrogen-bond donors (Lipinski definition) is 1. The fourth-order valence-electron chi connectivity index (χ4n) is 0.887. The van der Waals surface area contributed by atoms with Crippen molar-refractivity contribution in [2.24, 2.45) is 5.41 Å². The molecule has 12 heavy (non-hydrogen) atoms. The molecule has 0 aromatic carbocycles. The summed E-state index contributed by atoms with van der Waals surface area (Å²) in [5.41, 5.74) is -0.00634. The van der Waals surface area contributed by atoms with E-state index in [0.717, 1.165) is 6.42 Å². The molecular weight excluding hydrogens is 156 g/mol.